The number of morpholine rings is 1. The fraction of sp³-hybridized carbons (Fsp3) is 0.909. The molecule has 2 aliphatic rings. The zero-order valence-electron chi connectivity index (χ0n) is 11.8. The molecule has 110 valence electrons. The Hall–Kier alpha value is -0.620. The van der Waals surface area contributed by atoms with Crippen molar-refractivity contribution in [2.45, 2.75) is 19.4 Å². The molecule has 0 aromatic heterocycles. The quantitative estimate of drug-likeness (QED) is 0.760. The van der Waals surface area contributed by atoms with Gasteiger partial charge in [-0.05, 0) is 6.42 Å². The van der Waals surface area contributed by atoms with Crippen LogP contribution in [0.25, 0.3) is 0 Å². The van der Waals surface area contributed by atoms with E-state index in [1.165, 1.54) is 0 Å². The number of ether oxygens (including phenoxy) is 1. The van der Waals surface area contributed by atoms with Crippen LogP contribution in [0.15, 0.2) is 4.76 Å². The Bertz CT molecular complexity index is 391. The first kappa shape index (κ1) is 14.8. The summed E-state index contributed by atoms with van der Waals surface area (Å²) in [6.45, 7) is 5.08. The third-order valence-corrected chi connectivity index (χ3v) is 5.15. The van der Waals surface area contributed by atoms with Gasteiger partial charge in [0.05, 0.1) is 12.7 Å². The maximum Gasteiger partial charge on any atom is 0.390 e. The molecule has 0 bridgehead atoms. The molecule has 19 heavy (non-hydrogen) atoms. The van der Waals surface area contributed by atoms with Gasteiger partial charge in [0, 0.05) is 40.3 Å². The first-order chi connectivity index (χ1) is 8.94. The average molecular weight is 290 g/mol. The Morgan fingerprint density at radius 1 is 1.37 bits per heavy atom. The Labute approximate surface area is 114 Å². The van der Waals surface area contributed by atoms with Gasteiger partial charge in [0.15, 0.2) is 0 Å². The standard InChI is InChI=1S/C11H23N4O3P/c1-4-10-9-15(7-8-18-10)19(16,17)12-11-13(2)5-6-14(11)3/h10H,4-9H2,1-3H3,(H,16,17)/t10-/m0/s1. The van der Waals surface area contributed by atoms with Crippen LogP contribution in [-0.4, -0.2) is 78.3 Å². The number of hydrogen-bond donors (Lipinski definition) is 1. The van der Waals surface area contributed by atoms with E-state index in [1.54, 1.807) is 4.67 Å². The summed E-state index contributed by atoms with van der Waals surface area (Å²) in [5, 5.41) is 0. The van der Waals surface area contributed by atoms with E-state index in [1.807, 2.05) is 30.8 Å². The second-order valence-corrected chi connectivity index (χ2v) is 6.86. The minimum absolute atomic E-state index is 0.0217. The van der Waals surface area contributed by atoms with E-state index in [0.717, 1.165) is 19.5 Å². The molecular formula is C11H23N4O3P. The number of guanidine groups is 1. The average Bonchev–Trinajstić information content (AvgIpc) is 2.70. The van der Waals surface area contributed by atoms with Crippen molar-refractivity contribution >= 4 is 13.6 Å². The van der Waals surface area contributed by atoms with Gasteiger partial charge >= 0.3 is 7.67 Å². The second-order valence-electron chi connectivity index (χ2n) is 5.07. The third-order valence-electron chi connectivity index (χ3n) is 3.61. The van der Waals surface area contributed by atoms with Crippen molar-refractivity contribution < 1.29 is 14.2 Å². The van der Waals surface area contributed by atoms with Gasteiger partial charge in [-0.15, -0.1) is 0 Å². The van der Waals surface area contributed by atoms with Crippen molar-refractivity contribution in [3.8, 4) is 0 Å². The number of likely N-dealkylation sites (N-methyl/N-ethyl adjacent to an activating group) is 2. The molecular weight excluding hydrogens is 267 g/mol. The Balaban J connectivity index is 2.13. The Morgan fingerprint density at radius 2 is 2.00 bits per heavy atom. The van der Waals surface area contributed by atoms with Gasteiger partial charge in [0.25, 0.3) is 0 Å². The highest BCUT2D eigenvalue weighted by Crippen LogP contribution is 2.48. The van der Waals surface area contributed by atoms with Crippen molar-refractivity contribution in [1.82, 2.24) is 14.5 Å². The predicted molar refractivity (Wildman–Crippen MR) is 74.1 cm³/mol. The highest BCUT2D eigenvalue weighted by Gasteiger charge is 2.35. The van der Waals surface area contributed by atoms with Crippen molar-refractivity contribution in [2.24, 2.45) is 4.76 Å². The van der Waals surface area contributed by atoms with E-state index < -0.39 is 7.67 Å². The number of nitrogens with zero attached hydrogens (tertiary/aromatic N) is 4. The molecule has 2 rings (SSSR count). The van der Waals surface area contributed by atoms with E-state index in [4.69, 9.17) is 4.74 Å². The highest BCUT2D eigenvalue weighted by molar-refractivity contribution is 7.54. The highest BCUT2D eigenvalue weighted by atomic mass is 31.2. The SMILES string of the molecule is CC[C@H]1CN(P(=O)(O)N=C2N(C)CCN2C)CCO1. The molecule has 1 unspecified atom stereocenters. The van der Waals surface area contributed by atoms with E-state index >= 15 is 0 Å². The Kier molecular flexibility index (Phi) is 4.50. The number of hydrogen-bond acceptors (Lipinski definition) is 2. The molecule has 2 heterocycles. The summed E-state index contributed by atoms with van der Waals surface area (Å²) in [7, 11) is 0.0864. The van der Waals surface area contributed by atoms with Gasteiger partial charge in [0.2, 0.25) is 5.96 Å². The molecule has 8 heteroatoms. The molecule has 7 nitrogen and oxygen atoms in total. The van der Waals surface area contributed by atoms with Gasteiger partial charge in [-0.2, -0.15) is 4.76 Å². The summed E-state index contributed by atoms with van der Waals surface area (Å²) >= 11 is 0. The van der Waals surface area contributed by atoms with Crippen LogP contribution in [0, 0.1) is 0 Å². The summed E-state index contributed by atoms with van der Waals surface area (Å²) in [5.41, 5.74) is 0. The molecule has 2 fully saturated rings. The normalized spacial score (nSPS) is 28.6. The van der Waals surface area contributed by atoms with Gasteiger partial charge < -0.3 is 19.4 Å². The minimum Gasteiger partial charge on any atom is -0.376 e. The predicted octanol–water partition coefficient (Wildman–Crippen LogP) is 0.431. The summed E-state index contributed by atoms with van der Waals surface area (Å²) in [6, 6.07) is 0. The molecule has 0 aromatic rings. The lowest BCUT2D eigenvalue weighted by atomic mass is 10.2. The third kappa shape index (κ3) is 3.28. The zero-order chi connectivity index (χ0) is 14.0. The molecule has 0 spiro atoms. The van der Waals surface area contributed by atoms with Crippen LogP contribution >= 0.6 is 7.67 Å². The lowest BCUT2D eigenvalue weighted by molar-refractivity contribution is -0.00639. The van der Waals surface area contributed by atoms with E-state index in [-0.39, 0.29) is 6.10 Å². The first-order valence-corrected chi connectivity index (χ1v) is 8.23. The molecule has 0 amide bonds. The topological polar surface area (TPSA) is 68.6 Å². The molecule has 2 saturated heterocycles. The Morgan fingerprint density at radius 3 is 2.58 bits per heavy atom. The monoisotopic (exact) mass is 290 g/mol. The van der Waals surface area contributed by atoms with Gasteiger partial charge in [-0.25, -0.2) is 9.24 Å². The van der Waals surface area contributed by atoms with Gasteiger partial charge in [-0.3, -0.25) is 0 Å². The van der Waals surface area contributed by atoms with Gasteiger partial charge in [0.1, 0.15) is 0 Å². The van der Waals surface area contributed by atoms with Crippen LogP contribution in [-0.2, 0) is 9.30 Å². The van der Waals surface area contributed by atoms with E-state index in [2.05, 4.69) is 4.76 Å². The molecule has 2 aliphatic heterocycles. The summed E-state index contributed by atoms with van der Waals surface area (Å²) < 4.78 is 23.6. The maximum absolute atomic E-state index is 12.5. The summed E-state index contributed by atoms with van der Waals surface area (Å²) in [5.74, 6) is 0.588. The number of rotatable bonds is 3. The smallest absolute Gasteiger partial charge is 0.376 e. The fourth-order valence-corrected chi connectivity index (χ4v) is 3.71. The first-order valence-electron chi connectivity index (χ1n) is 6.66. The molecule has 0 saturated carbocycles. The molecule has 2 atom stereocenters. The largest absolute Gasteiger partial charge is 0.390 e. The van der Waals surface area contributed by atoms with Crippen molar-refractivity contribution in [3.63, 3.8) is 0 Å². The van der Waals surface area contributed by atoms with Crippen LogP contribution < -0.4 is 0 Å². The zero-order valence-corrected chi connectivity index (χ0v) is 12.7. The van der Waals surface area contributed by atoms with E-state index in [9.17, 15) is 9.46 Å². The molecule has 1 N–H and O–H groups in total. The van der Waals surface area contributed by atoms with Crippen molar-refractivity contribution in [3.05, 3.63) is 0 Å². The van der Waals surface area contributed by atoms with Crippen LogP contribution in [0.2, 0.25) is 0 Å². The molecule has 0 aliphatic carbocycles. The molecule has 0 aromatic carbocycles. The van der Waals surface area contributed by atoms with Crippen LogP contribution in [0.3, 0.4) is 0 Å². The van der Waals surface area contributed by atoms with E-state index in [0.29, 0.717) is 25.7 Å². The van der Waals surface area contributed by atoms with Crippen LogP contribution in [0.4, 0.5) is 0 Å². The fourth-order valence-electron chi connectivity index (χ4n) is 2.31. The summed E-state index contributed by atoms with van der Waals surface area (Å²) in [4.78, 5) is 14.0. The minimum atomic E-state index is -3.68. The molecule has 0 radical (unpaired) electrons. The second kappa shape index (κ2) is 5.79. The van der Waals surface area contributed by atoms with Crippen molar-refractivity contribution in [2.75, 3.05) is 46.9 Å². The van der Waals surface area contributed by atoms with Crippen LogP contribution in [0.1, 0.15) is 13.3 Å². The maximum atomic E-state index is 12.5. The van der Waals surface area contributed by atoms with Crippen LogP contribution in [0.5, 0.6) is 0 Å². The summed E-state index contributed by atoms with van der Waals surface area (Å²) in [6.07, 6.45) is 0.862. The lowest BCUT2D eigenvalue weighted by Crippen LogP contribution is -2.40. The van der Waals surface area contributed by atoms with Gasteiger partial charge in [-0.1, -0.05) is 6.92 Å². The van der Waals surface area contributed by atoms with Crippen molar-refractivity contribution in [1.29, 1.82) is 0 Å². The lowest BCUT2D eigenvalue weighted by Gasteiger charge is -2.33.